The molecule has 2 nitrogen and oxygen atoms in total. The lowest BCUT2D eigenvalue weighted by Gasteiger charge is -2.21. The van der Waals surface area contributed by atoms with Crippen LogP contribution in [0, 0.1) is 0 Å². The predicted octanol–water partition coefficient (Wildman–Crippen LogP) is 4.62. The maximum Gasteiger partial charge on any atom is 0.0383 e. The molecule has 0 unspecified atom stereocenters. The monoisotopic (exact) mass is 276 g/mol. The Hall–Kier alpha value is -2.35. The van der Waals surface area contributed by atoms with Crippen molar-refractivity contribution in [3.05, 3.63) is 65.9 Å². The zero-order valence-corrected chi connectivity index (χ0v) is 12.7. The quantitative estimate of drug-likeness (QED) is 0.813. The second-order valence-electron chi connectivity index (χ2n) is 5.84. The topological polar surface area (TPSA) is 24.4 Å². The van der Waals surface area contributed by atoms with Gasteiger partial charge in [0.2, 0.25) is 0 Å². The molecule has 2 aromatic rings. The highest BCUT2D eigenvalue weighted by Crippen LogP contribution is 2.49. The van der Waals surface area contributed by atoms with E-state index in [9.17, 15) is 0 Å². The fourth-order valence-corrected chi connectivity index (χ4v) is 3.07. The second-order valence-corrected chi connectivity index (χ2v) is 5.84. The molecule has 0 fully saturated rings. The summed E-state index contributed by atoms with van der Waals surface area (Å²) in [4.78, 5) is 3.92. The molecular formula is C19H20N2. The van der Waals surface area contributed by atoms with Gasteiger partial charge in [-0.3, -0.25) is 4.99 Å². The SMILES string of the molecule is C/N=C/C=C\Nc1ccc2c(c1)C(C)(C)c1ccccc1-2. The predicted molar refractivity (Wildman–Crippen MR) is 91.2 cm³/mol. The maximum atomic E-state index is 3.92. The Bertz CT molecular complexity index is 724. The molecule has 0 atom stereocenters. The first kappa shape index (κ1) is 13.6. The molecule has 1 aliphatic rings. The molecule has 1 aliphatic carbocycles. The molecule has 0 saturated heterocycles. The van der Waals surface area contributed by atoms with E-state index in [0.717, 1.165) is 5.69 Å². The Morgan fingerprint density at radius 2 is 1.76 bits per heavy atom. The third-order valence-electron chi connectivity index (χ3n) is 4.16. The van der Waals surface area contributed by atoms with Crippen LogP contribution in [0.5, 0.6) is 0 Å². The largest absolute Gasteiger partial charge is 0.362 e. The van der Waals surface area contributed by atoms with Crippen molar-refractivity contribution in [3.8, 4) is 11.1 Å². The first-order valence-corrected chi connectivity index (χ1v) is 7.23. The van der Waals surface area contributed by atoms with Gasteiger partial charge < -0.3 is 5.32 Å². The third-order valence-corrected chi connectivity index (χ3v) is 4.16. The highest BCUT2D eigenvalue weighted by atomic mass is 14.8. The van der Waals surface area contributed by atoms with Crippen molar-refractivity contribution in [1.82, 2.24) is 0 Å². The van der Waals surface area contributed by atoms with Crippen molar-refractivity contribution < 1.29 is 0 Å². The molecule has 0 heterocycles. The van der Waals surface area contributed by atoms with Crippen LogP contribution in [0.25, 0.3) is 11.1 Å². The van der Waals surface area contributed by atoms with Crippen LogP contribution in [0.15, 0.2) is 59.7 Å². The average molecular weight is 276 g/mol. The van der Waals surface area contributed by atoms with E-state index in [1.54, 1.807) is 13.3 Å². The van der Waals surface area contributed by atoms with Crippen LogP contribution in [0.1, 0.15) is 25.0 Å². The Kier molecular flexibility index (Phi) is 3.38. The number of hydrogen-bond acceptors (Lipinski definition) is 2. The van der Waals surface area contributed by atoms with Crippen molar-refractivity contribution >= 4 is 11.9 Å². The zero-order valence-electron chi connectivity index (χ0n) is 12.7. The molecule has 106 valence electrons. The first-order chi connectivity index (χ1) is 10.1. The van der Waals surface area contributed by atoms with E-state index in [4.69, 9.17) is 0 Å². The zero-order chi connectivity index (χ0) is 14.9. The Morgan fingerprint density at radius 1 is 1.00 bits per heavy atom. The van der Waals surface area contributed by atoms with Gasteiger partial charge in [0.25, 0.3) is 0 Å². The van der Waals surface area contributed by atoms with Crippen LogP contribution in [0.4, 0.5) is 5.69 Å². The van der Waals surface area contributed by atoms with E-state index >= 15 is 0 Å². The lowest BCUT2D eigenvalue weighted by Crippen LogP contribution is -2.15. The van der Waals surface area contributed by atoms with Crippen molar-refractivity contribution in [3.63, 3.8) is 0 Å². The van der Waals surface area contributed by atoms with Crippen LogP contribution >= 0.6 is 0 Å². The van der Waals surface area contributed by atoms with Crippen molar-refractivity contribution in [2.45, 2.75) is 19.3 Å². The van der Waals surface area contributed by atoms with Gasteiger partial charge in [0.1, 0.15) is 0 Å². The standard InChI is InChI=1S/C19H20N2/c1-19(2)17-8-5-4-7-15(17)16-10-9-14(13-18(16)19)21-12-6-11-20-3/h4-13,21H,1-3H3/b12-6-,20-11+. The molecule has 0 aliphatic heterocycles. The van der Waals surface area contributed by atoms with E-state index in [1.165, 1.54) is 22.3 Å². The van der Waals surface area contributed by atoms with Crippen molar-refractivity contribution in [2.24, 2.45) is 4.99 Å². The molecule has 1 N–H and O–H groups in total. The summed E-state index contributed by atoms with van der Waals surface area (Å²) in [6.45, 7) is 4.59. The Balaban J connectivity index is 1.99. The average Bonchev–Trinajstić information content (AvgIpc) is 2.73. The Labute approximate surface area is 126 Å². The number of nitrogens with one attached hydrogen (secondary N) is 1. The van der Waals surface area contributed by atoms with E-state index in [-0.39, 0.29) is 5.41 Å². The first-order valence-electron chi connectivity index (χ1n) is 7.23. The summed E-state index contributed by atoms with van der Waals surface area (Å²) in [7, 11) is 1.76. The van der Waals surface area contributed by atoms with Gasteiger partial charge in [-0.15, -0.1) is 0 Å². The number of aliphatic imine (C=N–C) groups is 1. The summed E-state index contributed by atoms with van der Waals surface area (Å²) < 4.78 is 0. The van der Waals surface area contributed by atoms with Gasteiger partial charge in [0, 0.05) is 30.6 Å². The van der Waals surface area contributed by atoms with E-state index < -0.39 is 0 Å². The van der Waals surface area contributed by atoms with Crippen LogP contribution in [0.2, 0.25) is 0 Å². The minimum atomic E-state index is 0.0538. The normalized spacial score (nSPS) is 15.4. The van der Waals surface area contributed by atoms with Gasteiger partial charge in [-0.25, -0.2) is 0 Å². The highest BCUT2D eigenvalue weighted by molar-refractivity contribution is 5.82. The summed E-state index contributed by atoms with van der Waals surface area (Å²) in [6, 6.07) is 15.3. The highest BCUT2D eigenvalue weighted by Gasteiger charge is 2.34. The van der Waals surface area contributed by atoms with Crippen molar-refractivity contribution in [1.29, 1.82) is 0 Å². The summed E-state index contributed by atoms with van der Waals surface area (Å²) in [5, 5.41) is 3.30. The fourth-order valence-electron chi connectivity index (χ4n) is 3.07. The molecule has 0 aromatic heterocycles. The molecular weight excluding hydrogens is 256 g/mol. The van der Waals surface area contributed by atoms with Crippen LogP contribution in [0.3, 0.4) is 0 Å². The molecule has 2 aromatic carbocycles. The number of hydrogen-bond donors (Lipinski definition) is 1. The van der Waals surface area contributed by atoms with Gasteiger partial charge in [0.05, 0.1) is 0 Å². The molecule has 2 heteroatoms. The van der Waals surface area contributed by atoms with Gasteiger partial charge in [-0.1, -0.05) is 44.2 Å². The molecule has 3 rings (SSSR count). The molecule has 0 amide bonds. The number of fused-ring (bicyclic) bond motifs is 3. The number of rotatable bonds is 3. The summed E-state index contributed by atoms with van der Waals surface area (Å²) in [6.07, 6.45) is 5.57. The molecule has 0 radical (unpaired) electrons. The number of benzene rings is 2. The molecule has 0 spiro atoms. The molecule has 0 saturated carbocycles. The molecule has 0 bridgehead atoms. The molecule has 21 heavy (non-hydrogen) atoms. The fraction of sp³-hybridized carbons (Fsp3) is 0.211. The van der Waals surface area contributed by atoms with Gasteiger partial charge in [-0.2, -0.15) is 0 Å². The van der Waals surface area contributed by atoms with E-state index in [2.05, 4.69) is 66.6 Å². The smallest absolute Gasteiger partial charge is 0.0383 e. The van der Waals surface area contributed by atoms with Gasteiger partial charge >= 0.3 is 0 Å². The summed E-state index contributed by atoms with van der Waals surface area (Å²) in [5.41, 5.74) is 6.66. The van der Waals surface area contributed by atoms with E-state index in [0.29, 0.717) is 0 Å². The van der Waals surface area contributed by atoms with Gasteiger partial charge in [0.15, 0.2) is 0 Å². The number of allylic oxidation sites excluding steroid dienone is 1. The third kappa shape index (κ3) is 2.27. The summed E-state index contributed by atoms with van der Waals surface area (Å²) in [5.74, 6) is 0. The minimum Gasteiger partial charge on any atom is -0.362 e. The van der Waals surface area contributed by atoms with Gasteiger partial charge in [-0.05, 0) is 40.5 Å². The lowest BCUT2D eigenvalue weighted by atomic mass is 9.82. The second kappa shape index (κ2) is 5.21. The van der Waals surface area contributed by atoms with Crippen LogP contribution in [-0.2, 0) is 5.41 Å². The van der Waals surface area contributed by atoms with E-state index in [1.807, 2.05) is 12.3 Å². The van der Waals surface area contributed by atoms with Crippen LogP contribution < -0.4 is 5.32 Å². The van der Waals surface area contributed by atoms with Crippen molar-refractivity contribution in [2.75, 3.05) is 12.4 Å². The minimum absolute atomic E-state index is 0.0538. The number of nitrogens with zero attached hydrogens (tertiary/aromatic N) is 1. The lowest BCUT2D eigenvalue weighted by molar-refractivity contribution is 0.660. The Morgan fingerprint density at radius 3 is 2.57 bits per heavy atom. The maximum absolute atomic E-state index is 3.92. The summed E-state index contributed by atoms with van der Waals surface area (Å²) >= 11 is 0. The van der Waals surface area contributed by atoms with Crippen LogP contribution in [-0.4, -0.2) is 13.3 Å². The number of anilines is 1.